The molecule has 0 saturated carbocycles. The first-order valence-corrected chi connectivity index (χ1v) is 5.53. The van der Waals surface area contributed by atoms with Gasteiger partial charge in [-0.25, -0.2) is 4.79 Å². The zero-order valence-corrected chi connectivity index (χ0v) is 8.93. The standard InChI is InChI=1S/C8H14N2O2S/c1-6(5-13-3)10-7(11)4-9(2)8(10)12/h6H,4-5H2,1-3H3. The second-order valence-electron chi connectivity index (χ2n) is 3.21. The van der Waals surface area contributed by atoms with Crippen molar-refractivity contribution in [2.45, 2.75) is 13.0 Å². The van der Waals surface area contributed by atoms with Crippen molar-refractivity contribution in [1.82, 2.24) is 9.80 Å². The molecule has 74 valence electrons. The Kier molecular flexibility index (Phi) is 3.19. The lowest BCUT2D eigenvalue weighted by molar-refractivity contribution is -0.126. The lowest BCUT2D eigenvalue weighted by Crippen LogP contribution is -2.40. The highest BCUT2D eigenvalue weighted by molar-refractivity contribution is 7.98. The Balaban J connectivity index is 2.68. The van der Waals surface area contributed by atoms with E-state index in [-0.39, 0.29) is 24.5 Å². The van der Waals surface area contributed by atoms with Crippen molar-refractivity contribution in [3.8, 4) is 0 Å². The minimum atomic E-state index is -0.174. The number of likely N-dealkylation sites (N-methyl/N-ethyl adjacent to an activating group) is 1. The number of nitrogens with zero attached hydrogens (tertiary/aromatic N) is 2. The van der Waals surface area contributed by atoms with Crippen molar-refractivity contribution in [2.24, 2.45) is 0 Å². The summed E-state index contributed by atoms with van der Waals surface area (Å²) in [6, 6.07) is -0.175. The molecule has 4 nitrogen and oxygen atoms in total. The Bertz CT molecular complexity index is 232. The predicted molar refractivity (Wildman–Crippen MR) is 52.7 cm³/mol. The number of rotatable bonds is 3. The molecule has 1 fully saturated rings. The molecule has 0 aromatic heterocycles. The number of carbonyl (C=O) groups excluding carboxylic acids is 2. The number of amides is 3. The van der Waals surface area contributed by atoms with Crippen molar-refractivity contribution in [2.75, 3.05) is 25.6 Å². The van der Waals surface area contributed by atoms with Gasteiger partial charge in [0, 0.05) is 18.8 Å². The molecule has 0 aliphatic carbocycles. The molecule has 0 N–H and O–H groups in total. The normalized spacial score (nSPS) is 19.9. The van der Waals surface area contributed by atoms with Gasteiger partial charge in [0.05, 0.1) is 0 Å². The SMILES string of the molecule is CSCC(C)N1C(=O)CN(C)C1=O. The van der Waals surface area contributed by atoms with Gasteiger partial charge in [0.1, 0.15) is 6.54 Å². The van der Waals surface area contributed by atoms with E-state index >= 15 is 0 Å². The molecule has 1 heterocycles. The number of imide groups is 1. The first kappa shape index (κ1) is 10.4. The Morgan fingerprint density at radius 2 is 2.15 bits per heavy atom. The van der Waals surface area contributed by atoms with Crippen molar-refractivity contribution >= 4 is 23.7 Å². The van der Waals surface area contributed by atoms with Gasteiger partial charge >= 0.3 is 6.03 Å². The molecule has 1 saturated heterocycles. The van der Waals surface area contributed by atoms with E-state index in [9.17, 15) is 9.59 Å². The Morgan fingerprint density at radius 3 is 2.54 bits per heavy atom. The average molecular weight is 202 g/mol. The topological polar surface area (TPSA) is 40.6 Å². The minimum absolute atomic E-state index is 0.0000463. The summed E-state index contributed by atoms with van der Waals surface area (Å²) >= 11 is 1.64. The van der Waals surface area contributed by atoms with Gasteiger partial charge in [-0.3, -0.25) is 9.69 Å². The Labute approximate surface area is 82.3 Å². The second kappa shape index (κ2) is 4.00. The maximum atomic E-state index is 11.5. The van der Waals surface area contributed by atoms with Crippen LogP contribution in [0.2, 0.25) is 0 Å². The summed E-state index contributed by atoms with van der Waals surface area (Å²) in [5.41, 5.74) is 0. The van der Waals surface area contributed by atoms with Crippen LogP contribution < -0.4 is 0 Å². The van der Waals surface area contributed by atoms with E-state index in [0.29, 0.717) is 0 Å². The highest BCUT2D eigenvalue weighted by atomic mass is 32.2. The molecule has 3 amide bonds. The molecule has 0 radical (unpaired) electrons. The third kappa shape index (κ3) is 1.96. The maximum Gasteiger partial charge on any atom is 0.327 e. The van der Waals surface area contributed by atoms with Gasteiger partial charge in [-0.1, -0.05) is 0 Å². The van der Waals surface area contributed by atoms with Crippen LogP contribution in [0.5, 0.6) is 0 Å². The fourth-order valence-corrected chi connectivity index (χ4v) is 2.02. The lowest BCUT2D eigenvalue weighted by Gasteiger charge is -2.21. The van der Waals surface area contributed by atoms with Crippen LogP contribution in [0.25, 0.3) is 0 Å². The first-order valence-electron chi connectivity index (χ1n) is 4.14. The molecular formula is C8H14N2O2S. The van der Waals surface area contributed by atoms with Gasteiger partial charge in [-0.05, 0) is 13.2 Å². The van der Waals surface area contributed by atoms with Gasteiger partial charge in [-0.2, -0.15) is 11.8 Å². The summed E-state index contributed by atoms with van der Waals surface area (Å²) < 4.78 is 0. The van der Waals surface area contributed by atoms with E-state index in [4.69, 9.17) is 0 Å². The number of hydrogen-bond acceptors (Lipinski definition) is 3. The van der Waals surface area contributed by atoms with Crippen LogP contribution in [0.1, 0.15) is 6.92 Å². The van der Waals surface area contributed by atoms with E-state index in [1.54, 1.807) is 18.8 Å². The monoisotopic (exact) mass is 202 g/mol. The second-order valence-corrected chi connectivity index (χ2v) is 4.12. The fourth-order valence-electron chi connectivity index (χ4n) is 1.39. The fraction of sp³-hybridized carbons (Fsp3) is 0.750. The van der Waals surface area contributed by atoms with Gasteiger partial charge < -0.3 is 4.90 Å². The zero-order valence-electron chi connectivity index (χ0n) is 8.11. The highest BCUT2D eigenvalue weighted by Crippen LogP contribution is 2.14. The van der Waals surface area contributed by atoms with E-state index in [1.165, 1.54) is 9.80 Å². The van der Waals surface area contributed by atoms with Crippen LogP contribution in [0, 0.1) is 0 Å². The third-order valence-electron chi connectivity index (χ3n) is 2.02. The van der Waals surface area contributed by atoms with Crippen molar-refractivity contribution in [3.63, 3.8) is 0 Å². The number of urea groups is 1. The molecule has 0 bridgehead atoms. The Morgan fingerprint density at radius 1 is 1.54 bits per heavy atom. The summed E-state index contributed by atoms with van der Waals surface area (Å²) in [5, 5.41) is 0. The maximum absolute atomic E-state index is 11.5. The van der Waals surface area contributed by atoms with E-state index in [1.807, 2.05) is 13.2 Å². The molecule has 0 aromatic rings. The quantitative estimate of drug-likeness (QED) is 0.630. The van der Waals surface area contributed by atoms with Gasteiger partial charge in [0.2, 0.25) is 0 Å². The highest BCUT2D eigenvalue weighted by Gasteiger charge is 2.36. The summed E-state index contributed by atoms with van der Waals surface area (Å²) in [4.78, 5) is 25.6. The van der Waals surface area contributed by atoms with Crippen molar-refractivity contribution < 1.29 is 9.59 Å². The van der Waals surface area contributed by atoms with Crippen LogP contribution in [-0.2, 0) is 4.79 Å². The van der Waals surface area contributed by atoms with Gasteiger partial charge in [-0.15, -0.1) is 0 Å². The molecule has 1 atom stereocenters. The number of thioether (sulfide) groups is 1. The molecule has 1 rings (SSSR count). The summed E-state index contributed by atoms with van der Waals surface area (Å²) in [6.07, 6.45) is 1.96. The van der Waals surface area contributed by atoms with Crippen LogP contribution in [0.4, 0.5) is 4.79 Å². The van der Waals surface area contributed by atoms with Gasteiger partial charge in [0.15, 0.2) is 0 Å². The first-order chi connectivity index (χ1) is 6.07. The Hall–Kier alpha value is -0.710. The molecule has 1 aliphatic rings. The molecule has 5 heteroatoms. The van der Waals surface area contributed by atoms with Gasteiger partial charge in [0.25, 0.3) is 5.91 Å². The van der Waals surface area contributed by atoms with Crippen molar-refractivity contribution in [3.05, 3.63) is 0 Å². The smallest absolute Gasteiger partial charge is 0.318 e. The van der Waals surface area contributed by atoms with E-state index in [0.717, 1.165) is 5.75 Å². The van der Waals surface area contributed by atoms with Crippen LogP contribution >= 0.6 is 11.8 Å². The van der Waals surface area contributed by atoms with E-state index in [2.05, 4.69) is 0 Å². The number of hydrogen-bond donors (Lipinski definition) is 0. The zero-order chi connectivity index (χ0) is 10.0. The molecule has 1 aliphatic heterocycles. The molecule has 0 aromatic carbocycles. The minimum Gasteiger partial charge on any atom is -0.318 e. The molecule has 0 spiro atoms. The third-order valence-corrected chi connectivity index (χ3v) is 2.84. The number of carbonyl (C=O) groups is 2. The largest absolute Gasteiger partial charge is 0.327 e. The molecule has 1 unspecified atom stereocenters. The van der Waals surface area contributed by atoms with Crippen LogP contribution in [-0.4, -0.2) is 53.4 Å². The molecular weight excluding hydrogens is 188 g/mol. The summed E-state index contributed by atoms with van der Waals surface area (Å²) in [6.45, 7) is 2.11. The van der Waals surface area contributed by atoms with Crippen LogP contribution in [0.15, 0.2) is 0 Å². The average Bonchev–Trinajstić information content (AvgIpc) is 2.27. The summed E-state index contributed by atoms with van der Waals surface area (Å²) in [5.74, 6) is 0.708. The molecule has 13 heavy (non-hydrogen) atoms. The lowest BCUT2D eigenvalue weighted by atomic mass is 10.3. The predicted octanol–water partition coefficient (Wildman–Crippen LogP) is 0.632. The van der Waals surface area contributed by atoms with Crippen molar-refractivity contribution in [1.29, 1.82) is 0 Å². The van der Waals surface area contributed by atoms with Crippen LogP contribution in [0.3, 0.4) is 0 Å². The summed E-state index contributed by atoms with van der Waals surface area (Å²) in [7, 11) is 1.64. The van der Waals surface area contributed by atoms with E-state index < -0.39 is 0 Å².